The average Bonchev–Trinajstić information content (AvgIpc) is 2.96. The van der Waals surface area contributed by atoms with Gasteiger partial charge in [-0.15, -0.1) is 0 Å². The van der Waals surface area contributed by atoms with Gasteiger partial charge in [-0.05, 0) is 37.1 Å². The minimum atomic E-state index is -0.213. The maximum atomic E-state index is 12.5. The lowest BCUT2D eigenvalue weighted by atomic mass is 10.1. The molecule has 1 aliphatic carbocycles. The Morgan fingerprint density at radius 3 is 2.80 bits per heavy atom. The minimum Gasteiger partial charge on any atom is -0.398 e. The first-order chi connectivity index (χ1) is 9.63. The average molecular weight is 290 g/mol. The number of rotatable bonds is 3. The van der Waals surface area contributed by atoms with E-state index < -0.39 is 0 Å². The SMILES string of the molecule is CCSC1CCC(N2C(=O)c3cccc(N)c3C2=O)C1. The predicted octanol–water partition coefficient (Wildman–Crippen LogP) is 2.54. The Bertz CT molecular complexity index is 573. The Balaban J connectivity index is 1.86. The molecule has 3 rings (SSSR count). The van der Waals surface area contributed by atoms with Crippen molar-refractivity contribution in [2.24, 2.45) is 0 Å². The number of benzene rings is 1. The van der Waals surface area contributed by atoms with Crippen molar-refractivity contribution in [2.45, 2.75) is 37.5 Å². The highest BCUT2D eigenvalue weighted by atomic mass is 32.2. The number of thioether (sulfide) groups is 1. The third kappa shape index (κ3) is 2.00. The molecule has 0 bridgehead atoms. The molecule has 2 aliphatic rings. The summed E-state index contributed by atoms with van der Waals surface area (Å²) in [5, 5.41) is 0.562. The Morgan fingerprint density at radius 1 is 1.30 bits per heavy atom. The van der Waals surface area contributed by atoms with Crippen LogP contribution in [0.4, 0.5) is 5.69 Å². The van der Waals surface area contributed by atoms with Gasteiger partial charge >= 0.3 is 0 Å². The summed E-state index contributed by atoms with van der Waals surface area (Å²) in [6.45, 7) is 2.14. The second-order valence-electron chi connectivity index (χ2n) is 5.29. The van der Waals surface area contributed by atoms with Crippen LogP contribution >= 0.6 is 11.8 Å². The summed E-state index contributed by atoms with van der Waals surface area (Å²) < 4.78 is 0. The van der Waals surface area contributed by atoms with Crippen LogP contribution in [0.1, 0.15) is 46.9 Å². The summed E-state index contributed by atoms with van der Waals surface area (Å²) in [5.74, 6) is 0.687. The third-order valence-electron chi connectivity index (χ3n) is 4.10. The molecule has 1 fully saturated rings. The lowest BCUT2D eigenvalue weighted by molar-refractivity contribution is 0.0588. The van der Waals surface area contributed by atoms with Gasteiger partial charge in [0.05, 0.1) is 11.1 Å². The molecule has 2 amide bonds. The van der Waals surface area contributed by atoms with Gasteiger partial charge < -0.3 is 5.73 Å². The lowest BCUT2D eigenvalue weighted by Gasteiger charge is -2.22. The Hall–Kier alpha value is -1.49. The van der Waals surface area contributed by atoms with Crippen LogP contribution in [0.3, 0.4) is 0 Å². The second kappa shape index (κ2) is 5.13. The number of fused-ring (bicyclic) bond motifs is 1. The number of amides is 2. The van der Waals surface area contributed by atoms with Gasteiger partial charge in [0.2, 0.25) is 0 Å². The van der Waals surface area contributed by atoms with Crippen LogP contribution in [0.15, 0.2) is 18.2 Å². The standard InChI is InChI=1S/C15H18N2O2S/c1-2-20-10-7-6-9(8-10)17-14(18)11-4-3-5-12(16)13(11)15(17)19/h3-5,9-10H,2,6-8,16H2,1H3. The van der Waals surface area contributed by atoms with Gasteiger partial charge in [0.15, 0.2) is 0 Å². The number of anilines is 1. The number of imide groups is 1. The second-order valence-corrected chi connectivity index (χ2v) is 6.87. The smallest absolute Gasteiger partial charge is 0.263 e. The predicted molar refractivity (Wildman–Crippen MR) is 80.9 cm³/mol. The van der Waals surface area contributed by atoms with Gasteiger partial charge in [-0.25, -0.2) is 0 Å². The molecular formula is C15H18N2O2S. The molecule has 0 saturated heterocycles. The van der Waals surface area contributed by atoms with Gasteiger partial charge in [0, 0.05) is 17.0 Å². The summed E-state index contributed by atoms with van der Waals surface area (Å²) in [7, 11) is 0. The van der Waals surface area contributed by atoms with Crippen LogP contribution in [0.25, 0.3) is 0 Å². The molecule has 20 heavy (non-hydrogen) atoms. The van der Waals surface area contributed by atoms with E-state index in [1.165, 1.54) is 4.90 Å². The van der Waals surface area contributed by atoms with Crippen molar-refractivity contribution in [3.63, 3.8) is 0 Å². The Morgan fingerprint density at radius 2 is 2.10 bits per heavy atom. The van der Waals surface area contributed by atoms with E-state index in [1.807, 2.05) is 11.8 Å². The zero-order valence-corrected chi connectivity index (χ0v) is 12.3. The fraction of sp³-hybridized carbons (Fsp3) is 0.467. The van der Waals surface area contributed by atoms with Crippen LogP contribution in [0, 0.1) is 0 Å². The fourth-order valence-electron chi connectivity index (χ4n) is 3.20. The van der Waals surface area contributed by atoms with Crippen molar-refractivity contribution in [1.82, 2.24) is 4.90 Å². The first-order valence-corrected chi connectivity index (χ1v) is 8.06. The van der Waals surface area contributed by atoms with Gasteiger partial charge in [-0.2, -0.15) is 11.8 Å². The van der Waals surface area contributed by atoms with Crippen LogP contribution in [-0.2, 0) is 0 Å². The lowest BCUT2D eigenvalue weighted by Crippen LogP contribution is -2.38. The molecule has 2 unspecified atom stereocenters. The van der Waals surface area contributed by atoms with Crippen LogP contribution in [0.2, 0.25) is 0 Å². The third-order valence-corrected chi connectivity index (χ3v) is 5.34. The van der Waals surface area contributed by atoms with E-state index in [0.717, 1.165) is 25.0 Å². The topological polar surface area (TPSA) is 63.4 Å². The van der Waals surface area contributed by atoms with Crippen molar-refractivity contribution in [3.05, 3.63) is 29.3 Å². The number of nitrogens with two attached hydrogens (primary N) is 1. The van der Waals surface area contributed by atoms with Gasteiger partial charge in [-0.1, -0.05) is 13.0 Å². The van der Waals surface area contributed by atoms with E-state index in [0.29, 0.717) is 22.1 Å². The Kier molecular flexibility index (Phi) is 3.46. The van der Waals surface area contributed by atoms with Gasteiger partial charge in [-0.3, -0.25) is 14.5 Å². The number of carbonyl (C=O) groups excluding carboxylic acids is 2. The first kappa shape index (κ1) is 13.5. The summed E-state index contributed by atoms with van der Waals surface area (Å²) in [6, 6.07) is 5.13. The van der Waals surface area contributed by atoms with Crippen molar-refractivity contribution in [2.75, 3.05) is 11.5 Å². The summed E-state index contributed by atoms with van der Waals surface area (Å²) in [4.78, 5) is 26.4. The Labute approximate surface area is 122 Å². The summed E-state index contributed by atoms with van der Waals surface area (Å²) in [5.41, 5.74) is 7.11. The van der Waals surface area contributed by atoms with Crippen molar-refractivity contribution in [1.29, 1.82) is 0 Å². The fourth-order valence-corrected chi connectivity index (χ4v) is 4.33. The maximum absolute atomic E-state index is 12.5. The monoisotopic (exact) mass is 290 g/mol. The van der Waals surface area contributed by atoms with E-state index in [2.05, 4.69) is 6.92 Å². The summed E-state index contributed by atoms with van der Waals surface area (Å²) in [6.07, 6.45) is 2.89. The first-order valence-electron chi connectivity index (χ1n) is 7.01. The molecule has 0 radical (unpaired) electrons. The number of nitrogens with zero attached hydrogens (tertiary/aromatic N) is 1. The molecule has 0 aromatic heterocycles. The molecule has 5 heteroatoms. The number of hydrogen-bond acceptors (Lipinski definition) is 4. The van der Waals surface area contributed by atoms with Crippen molar-refractivity contribution >= 4 is 29.3 Å². The maximum Gasteiger partial charge on any atom is 0.263 e. The molecule has 0 spiro atoms. The van der Waals surface area contributed by atoms with Crippen LogP contribution in [-0.4, -0.2) is 33.8 Å². The molecule has 4 nitrogen and oxygen atoms in total. The van der Waals surface area contributed by atoms with E-state index in [-0.39, 0.29) is 17.9 Å². The minimum absolute atomic E-state index is 0.0332. The van der Waals surface area contributed by atoms with E-state index in [9.17, 15) is 9.59 Å². The van der Waals surface area contributed by atoms with Crippen LogP contribution < -0.4 is 5.73 Å². The zero-order chi connectivity index (χ0) is 14.3. The van der Waals surface area contributed by atoms with E-state index in [4.69, 9.17) is 5.73 Å². The van der Waals surface area contributed by atoms with Gasteiger partial charge in [0.25, 0.3) is 11.8 Å². The molecule has 2 N–H and O–H groups in total. The molecule has 1 aromatic rings. The van der Waals surface area contributed by atoms with Gasteiger partial charge in [0.1, 0.15) is 0 Å². The van der Waals surface area contributed by atoms with E-state index >= 15 is 0 Å². The molecule has 1 heterocycles. The summed E-state index contributed by atoms with van der Waals surface area (Å²) >= 11 is 1.92. The molecular weight excluding hydrogens is 272 g/mol. The largest absolute Gasteiger partial charge is 0.398 e. The number of nitrogen functional groups attached to an aromatic ring is 1. The number of carbonyl (C=O) groups is 2. The highest BCUT2D eigenvalue weighted by Gasteiger charge is 2.43. The zero-order valence-electron chi connectivity index (χ0n) is 11.5. The highest BCUT2D eigenvalue weighted by molar-refractivity contribution is 7.99. The molecule has 1 saturated carbocycles. The van der Waals surface area contributed by atoms with Crippen LogP contribution in [0.5, 0.6) is 0 Å². The highest BCUT2D eigenvalue weighted by Crippen LogP contribution is 2.37. The van der Waals surface area contributed by atoms with Crippen molar-refractivity contribution in [3.8, 4) is 0 Å². The molecule has 2 atom stereocenters. The van der Waals surface area contributed by atoms with E-state index in [1.54, 1.807) is 18.2 Å². The normalized spacial score (nSPS) is 25.4. The van der Waals surface area contributed by atoms with Crippen molar-refractivity contribution < 1.29 is 9.59 Å². The molecule has 1 aromatic carbocycles. The molecule has 1 aliphatic heterocycles. The molecule has 106 valence electrons. The number of hydrogen-bond donors (Lipinski definition) is 1. The quantitative estimate of drug-likeness (QED) is 0.686.